The second kappa shape index (κ2) is 31.0. The van der Waals surface area contributed by atoms with E-state index in [1.54, 1.807) is 0 Å². The number of hydrogen-bond donors (Lipinski definition) is 1. The maximum absolute atomic E-state index is 12.9. The van der Waals surface area contributed by atoms with Gasteiger partial charge >= 0.3 is 0 Å². The van der Waals surface area contributed by atoms with Crippen molar-refractivity contribution in [2.45, 2.75) is 307 Å². The first-order valence-corrected chi connectivity index (χ1v) is 33.3. The van der Waals surface area contributed by atoms with E-state index >= 15 is 0 Å². The molecule has 35 atom stereocenters. The van der Waals surface area contributed by atoms with Crippen LogP contribution in [0.3, 0.4) is 0 Å². The molecule has 482 valence electrons. The molecule has 0 amide bonds. The Balaban J connectivity index is 1.17. The monoisotopic (exact) mass is 1180 g/mol. The van der Waals surface area contributed by atoms with Gasteiger partial charge in [0.15, 0.2) is 44.0 Å². The minimum absolute atomic E-state index is 0.0139. The van der Waals surface area contributed by atoms with Crippen LogP contribution < -0.4 is 0 Å². The second-order valence-electron chi connectivity index (χ2n) is 27.3. The molecule has 0 aromatic rings. The van der Waals surface area contributed by atoms with E-state index in [1.807, 2.05) is 6.92 Å². The van der Waals surface area contributed by atoms with Gasteiger partial charge in [0.25, 0.3) is 0 Å². The average Bonchev–Trinajstić information content (AvgIpc) is 3.66. The summed E-state index contributed by atoms with van der Waals surface area (Å²) in [4.78, 5) is 2.86. The molecular weight excluding hydrogens is 1060 g/mol. The molecule has 7 saturated heterocycles. The topological polar surface area (TPSA) is 198 Å². The number of rotatable bonds is 23. The van der Waals surface area contributed by atoms with Gasteiger partial charge in [0.1, 0.15) is 24.4 Å². The fourth-order valence-electron chi connectivity index (χ4n) is 15.0. The van der Waals surface area contributed by atoms with E-state index in [1.165, 1.54) is 0 Å². The Morgan fingerprint density at radius 2 is 0.639 bits per heavy atom. The molecule has 1 N–H and O–H groups in total. The molecule has 0 aromatic carbocycles. The van der Waals surface area contributed by atoms with E-state index in [2.05, 4.69) is 149 Å². The first kappa shape index (κ1) is 69.2. The lowest BCUT2D eigenvalue weighted by atomic mass is 9.78. The Morgan fingerprint density at radius 3 is 1.08 bits per heavy atom. The molecule has 0 spiro atoms. The van der Waals surface area contributed by atoms with Gasteiger partial charge in [-0.3, -0.25) is 0 Å². The van der Waals surface area contributed by atoms with Gasteiger partial charge < -0.3 is 71.4 Å². The van der Waals surface area contributed by atoms with Crippen molar-refractivity contribution in [3.8, 4) is 0 Å². The third-order valence-electron chi connectivity index (χ3n) is 22.7. The van der Waals surface area contributed by atoms with Crippen LogP contribution in [-0.2, 0) is 66.3 Å². The normalized spacial score (nSPS) is 50.8. The Morgan fingerprint density at radius 1 is 0.325 bits per heavy atom. The van der Waals surface area contributed by atoms with E-state index in [0.717, 1.165) is 32.1 Å². The van der Waals surface area contributed by atoms with Crippen LogP contribution in [0.5, 0.6) is 0 Å². The Labute approximate surface area is 501 Å². The lowest BCUT2D eigenvalue weighted by Gasteiger charge is -2.52. The Hall–Kier alpha value is -1.29. The predicted molar refractivity (Wildman–Crippen MR) is 316 cm³/mol. The van der Waals surface area contributed by atoms with Gasteiger partial charge in [-0.2, -0.15) is 0 Å². The van der Waals surface area contributed by atoms with E-state index in [9.17, 15) is 5.11 Å². The first-order valence-electron chi connectivity index (χ1n) is 33.3. The van der Waals surface area contributed by atoms with Crippen LogP contribution in [0.2, 0.25) is 0 Å². The highest BCUT2D eigenvalue weighted by atomic mass is 16.8. The zero-order valence-electron chi connectivity index (χ0n) is 55.1. The molecule has 7 aliphatic rings. The van der Waals surface area contributed by atoms with Gasteiger partial charge in [0, 0.05) is 41.0 Å². The summed E-state index contributed by atoms with van der Waals surface area (Å²) in [6.45, 7) is 46.7. The summed E-state index contributed by atoms with van der Waals surface area (Å²) in [5.41, 5.74) is 8.80. The highest BCUT2D eigenvalue weighted by molar-refractivity contribution is 4.97. The summed E-state index contributed by atoms with van der Waals surface area (Å²) in [5, 5.41) is 16.6. The maximum atomic E-state index is 12.9. The summed E-state index contributed by atoms with van der Waals surface area (Å²) >= 11 is 0. The fraction of sp³-hybridized carbons (Fsp3) is 1.00. The molecule has 0 saturated carbocycles. The van der Waals surface area contributed by atoms with Crippen molar-refractivity contribution in [3.63, 3.8) is 0 Å². The Bertz CT molecular complexity index is 1980. The number of aliphatic hydroxyl groups excluding tert-OH is 1. The van der Waals surface area contributed by atoms with Crippen LogP contribution in [0.15, 0.2) is 5.11 Å². The van der Waals surface area contributed by atoms with Gasteiger partial charge in [-0.15, -0.1) is 0 Å². The smallest absolute Gasteiger partial charge is 0.184 e. The van der Waals surface area contributed by atoms with Crippen molar-refractivity contribution in [3.05, 3.63) is 10.4 Å². The van der Waals surface area contributed by atoms with Crippen molar-refractivity contribution in [2.24, 2.45) is 93.9 Å². The largest absolute Gasteiger partial charge is 0.388 e. The fourth-order valence-corrected chi connectivity index (χ4v) is 15.0. The van der Waals surface area contributed by atoms with Crippen LogP contribution in [-0.4, -0.2) is 148 Å². The molecule has 7 fully saturated rings. The van der Waals surface area contributed by atoms with Crippen molar-refractivity contribution in [1.29, 1.82) is 0 Å². The molecule has 7 rings (SSSR count). The van der Waals surface area contributed by atoms with Gasteiger partial charge in [-0.05, 0) is 103 Å². The summed E-state index contributed by atoms with van der Waals surface area (Å²) in [6, 6.07) is 0. The van der Waals surface area contributed by atoms with Crippen LogP contribution in [0.1, 0.15) is 184 Å². The van der Waals surface area contributed by atoms with Crippen LogP contribution in [0.25, 0.3) is 10.4 Å². The minimum atomic E-state index is -1.17. The quantitative estimate of drug-likeness (QED) is 0.0438. The Kier molecular flexibility index (Phi) is 25.8. The number of nitrogens with zero attached hydrogens (tertiary/aromatic N) is 3. The van der Waals surface area contributed by atoms with Gasteiger partial charge in [-0.25, -0.2) is 0 Å². The van der Waals surface area contributed by atoms with Crippen LogP contribution in [0, 0.1) is 88.8 Å². The van der Waals surface area contributed by atoms with Crippen molar-refractivity contribution >= 4 is 0 Å². The minimum Gasteiger partial charge on any atom is -0.388 e. The number of ether oxygens (including phenoxy) is 14. The van der Waals surface area contributed by atoms with Crippen molar-refractivity contribution in [1.82, 2.24) is 0 Å². The van der Waals surface area contributed by atoms with E-state index in [0.29, 0.717) is 30.1 Å². The lowest BCUT2D eigenvalue weighted by molar-refractivity contribution is -0.382. The van der Waals surface area contributed by atoms with Crippen molar-refractivity contribution in [2.75, 3.05) is 19.8 Å². The molecule has 7 aliphatic heterocycles. The lowest BCUT2D eigenvalue weighted by Crippen LogP contribution is -2.63. The van der Waals surface area contributed by atoms with Gasteiger partial charge in [0.05, 0.1) is 68.1 Å². The highest BCUT2D eigenvalue weighted by Crippen LogP contribution is 2.47. The van der Waals surface area contributed by atoms with Gasteiger partial charge in [0.2, 0.25) is 0 Å². The summed E-state index contributed by atoms with van der Waals surface area (Å²) in [5.74, 6) is 1.81. The van der Waals surface area contributed by atoms with Gasteiger partial charge in [-0.1, -0.05) is 151 Å². The number of hydrogen-bond acceptors (Lipinski definition) is 16. The summed E-state index contributed by atoms with van der Waals surface area (Å²) in [7, 11) is 0. The molecular formula is C65H117N3O15. The molecule has 14 unspecified atom stereocenters. The first-order chi connectivity index (χ1) is 39.5. The van der Waals surface area contributed by atoms with E-state index in [-0.39, 0.29) is 122 Å². The molecule has 0 aliphatic carbocycles. The average molecular weight is 1180 g/mol. The zero-order chi connectivity index (χ0) is 60.9. The second-order valence-corrected chi connectivity index (χ2v) is 27.3. The van der Waals surface area contributed by atoms with Crippen molar-refractivity contribution < 1.29 is 71.4 Å². The maximum Gasteiger partial charge on any atom is 0.184 e. The third kappa shape index (κ3) is 15.1. The molecule has 0 radical (unpaired) electrons. The standard InChI is InChI=1S/C65H117N3O15/c1-22-46-33(9)31(7)41(17)60(72-46)82-57-37(13)35(11)48(24-3)74-64(57)71-30-52-53(69)56(81-65-58(38(14)36(12)49(25-4)75-65)83-61-42(18)32(8)34(10)47(23-2)73-61)45(21)63(78-52)80-55-40(16)44(20)62(77-51(55)27-6)79-54-39(15)43(19)59(76-50(54)26-5)70-29-28-67-68-66/h31-65,69H,22-30H2,1-21H3/t31?,32?,33-,34-,35-,36-,37?,38?,39?,40?,41-,42-,43-,44-,45+,46?,47?,48?,49-,50?,51?,52?,53+,54-,55-,56?,57+,58?,59+,60-,61-,62-,63-,64-,65+/m0/s1. The number of aliphatic hydroxyl groups is 1. The van der Waals surface area contributed by atoms with Crippen LogP contribution >= 0.6 is 0 Å². The summed E-state index contributed by atoms with van der Waals surface area (Å²) in [6.07, 6.45) is -4.69. The number of azide groups is 1. The predicted octanol–water partition coefficient (Wildman–Crippen LogP) is 12.7. The van der Waals surface area contributed by atoms with Crippen LogP contribution in [0.4, 0.5) is 0 Å². The molecule has 18 heteroatoms. The molecule has 0 aromatic heterocycles. The summed E-state index contributed by atoms with van der Waals surface area (Å²) < 4.78 is 97.1. The zero-order valence-corrected chi connectivity index (χ0v) is 55.1. The van der Waals surface area contributed by atoms with E-state index < -0.39 is 86.6 Å². The third-order valence-corrected chi connectivity index (χ3v) is 22.7. The molecule has 0 bridgehead atoms. The SMILES string of the molecule is CCC1O[C@H](OCC2O[C@@H](O[C@@H]3C(CC)O[C@@H](O[C@@H]4C(CC)O[C@@H](OCCN=[N+]=[N-])[C@@H](C)C4C)[C@@H](C)C3C)[C@H](C)C(O[C@H]3O[C@@H](CC)[C@@H](C)C(C)C3O[C@@H]3OC(CC)[C@@H](C)C(C)[C@@H]3C)[C@@H]2O)[C@H](O[C@@H]2OC(CC)[C@@H](C)C(C)[C@@H]2C)C(C)[C@@H]1C. The highest BCUT2D eigenvalue weighted by Gasteiger charge is 2.55. The molecule has 18 nitrogen and oxygen atoms in total. The van der Waals surface area contributed by atoms with E-state index in [4.69, 9.17) is 71.8 Å². The molecule has 83 heavy (non-hydrogen) atoms. The molecule has 7 heterocycles.